The highest BCUT2D eigenvalue weighted by Crippen LogP contribution is 2.56. The molecule has 9 nitrogen and oxygen atoms in total. The van der Waals surface area contributed by atoms with Gasteiger partial charge in [-0.15, -0.1) is 0 Å². The molecule has 0 unspecified atom stereocenters. The maximum absolute atomic E-state index is 13.9. The van der Waals surface area contributed by atoms with Crippen molar-refractivity contribution >= 4 is 11.8 Å². The van der Waals surface area contributed by atoms with Crippen LogP contribution in [-0.4, -0.2) is 87.2 Å². The summed E-state index contributed by atoms with van der Waals surface area (Å²) in [5.41, 5.74) is 1.98. The van der Waals surface area contributed by atoms with Gasteiger partial charge in [0, 0.05) is 33.2 Å². The average Bonchev–Trinajstić information content (AvgIpc) is 3.56. The molecule has 14 atom stereocenters. The average molecular weight is 605 g/mol. The molecule has 3 fully saturated rings. The highest BCUT2D eigenvalue weighted by molar-refractivity contribution is 5.99. The summed E-state index contributed by atoms with van der Waals surface area (Å²) in [7, 11) is 4.94. The summed E-state index contributed by atoms with van der Waals surface area (Å²) >= 11 is 0. The van der Waals surface area contributed by atoms with Crippen LogP contribution in [0.2, 0.25) is 0 Å². The van der Waals surface area contributed by atoms with Crippen molar-refractivity contribution in [1.82, 2.24) is 0 Å². The highest BCUT2D eigenvalue weighted by atomic mass is 16.7. The van der Waals surface area contributed by atoms with Crippen molar-refractivity contribution in [3.8, 4) is 0 Å². The lowest BCUT2D eigenvalue weighted by molar-refractivity contribution is -0.314. The zero-order valence-corrected chi connectivity index (χ0v) is 26.9. The van der Waals surface area contributed by atoms with Crippen molar-refractivity contribution in [3.05, 3.63) is 23.3 Å². The van der Waals surface area contributed by atoms with E-state index in [0.717, 1.165) is 25.7 Å². The number of carbonyl (C=O) groups excluding carboxylic acids is 2. The van der Waals surface area contributed by atoms with Crippen molar-refractivity contribution in [3.63, 3.8) is 0 Å². The third-order valence-electron chi connectivity index (χ3n) is 11.1. The fraction of sp³-hybridized carbons (Fsp3) is 0.824. The normalized spacial score (nSPS) is 45.6. The molecule has 2 aliphatic heterocycles. The van der Waals surface area contributed by atoms with Crippen LogP contribution in [-0.2, 0) is 38.0 Å². The summed E-state index contributed by atoms with van der Waals surface area (Å²) in [6.07, 6.45) is 6.19. The number of rotatable bonds is 6. The zero-order valence-electron chi connectivity index (χ0n) is 26.9. The van der Waals surface area contributed by atoms with Crippen LogP contribution in [0.1, 0.15) is 72.6 Å². The van der Waals surface area contributed by atoms with Crippen LogP contribution in [0, 0.1) is 35.5 Å². The Labute approximate surface area is 256 Å². The second-order valence-corrected chi connectivity index (χ2v) is 13.5. The minimum Gasteiger partial charge on any atom is -0.462 e. The van der Waals surface area contributed by atoms with E-state index in [4.69, 9.17) is 28.4 Å². The van der Waals surface area contributed by atoms with Crippen LogP contribution in [0.3, 0.4) is 0 Å². The first-order valence-corrected chi connectivity index (χ1v) is 16.3. The van der Waals surface area contributed by atoms with E-state index < -0.39 is 24.4 Å². The lowest BCUT2D eigenvalue weighted by Crippen LogP contribution is -2.59. The van der Waals surface area contributed by atoms with Crippen molar-refractivity contribution in [1.29, 1.82) is 0 Å². The number of hydrogen-bond acceptors (Lipinski definition) is 9. The van der Waals surface area contributed by atoms with E-state index in [1.807, 2.05) is 20.8 Å². The Bertz CT molecular complexity index is 1070. The minimum atomic E-state index is -0.709. The molecule has 5 rings (SSSR count). The predicted octanol–water partition coefficient (Wildman–Crippen LogP) is 4.40. The van der Waals surface area contributed by atoms with Gasteiger partial charge in [0.2, 0.25) is 0 Å². The van der Waals surface area contributed by atoms with Gasteiger partial charge in [0.05, 0.1) is 24.7 Å². The number of ketones is 1. The predicted molar refractivity (Wildman–Crippen MR) is 159 cm³/mol. The number of hydrogen-bond donors (Lipinski definition) is 1. The standard InChI is InChI=1S/C34H52O9/c1-8-20-10-9-11-28(35)18(3)30(37)27-15-25-23(26(27)16-29(36)42-20)12-17(2)22-13-21(14-24(22)25)43-34-33(40-7)32(39-6)31(38-5)19(4)41-34/h12,15,18-26,28,31-35H,8-11,13-14,16H2,1-7H3/t18-,19+,20+,21-,22+,23-,24-,25-,26+,28+,31+,32-,33-,34+/m1/s1. The van der Waals surface area contributed by atoms with Gasteiger partial charge < -0.3 is 33.5 Å². The molecule has 0 spiro atoms. The first kappa shape index (κ1) is 32.8. The topological polar surface area (TPSA) is 110 Å². The molecule has 3 aliphatic carbocycles. The molecule has 0 aromatic rings. The van der Waals surface area contributed by atoms with E-state index in [2.05, 4.69) is 19.1 Å². The quantitative estimate of drug-likeness (QED) is 0.349. The van der Waals surface area contributed by atoms with Crippen molar-refractivity contribution in [2.45, 2.75) is 122 Å². The van der Waals surface area contributed by atoms with E-state index in [9.17, 15) is 14.7 Å². The Morgan fingerprint density at radius 2 is 1.65 bits per heavy atom. The molecule has 2 saturated heterocycles. The van der Waals surface area contributed by atoms with E-state index in [1.54, 1.807) is 21.3 Å². The van der Waals surface area contributed by atoms with E-state index in [-0.39, 0.29) is 72.4 Å². The SMILES string of the molecule is CC[C@H]1CCC[C@H](O)[C@@H](C)C(=O)C2=C[C@@H]3[C@@H](C=C(C)[C@@H]4C[C@@H](O[C@@H]5O[C@@H](C)[C@H](OC)[C@@H](OC)[C@H]5OC)C[C@@H]34)[C@@H]2CC(=O)O1. The van der Waals surface area contributed by atoms with Gasteiger partial charge in [-0.05, 0) is 81.6 Å². The van der Waals surface area contributed by atoms with Gasteiger partial charge in [0.1, 0.15) is 24.4 Å². The molecule has 2 heterocycles. The second-order valence-electron chi connectivity index (χ2n) is 13.5. The number of carbonyl (C=O) groups is 2. The van der Waals surface area contributed by atoms with Crippen LogP contribution < -0.4 is 0 Å². The molecule has 43 heavy (non-hydrogen) atoms. The summed E-state index contributed by atoms with van der Waals surface area (Å²) in [5, 5.41) is 10.9. The Morgan fingerprint density at radius 3 is 2.33 bits per heavy atom. The summed E-state index contributed by atoms with van der Waals surface area (Å²) in [5.74, 6) is -0.288. The van der Waals surface area contributed by atoms with E-state index in [1.165, 1.54) is 5.57 Å². The Morgan fingerprint density at radius 1 is 0.930 bits per heavy atom. The molecule has 0 amide bonds. The second kappa shape index (κ2) is 13.8. The molecule has 9 heteroatoms. The first-order valence-electron chi connectivity index (χ1n) is 16.3. The van der Waals surface area contributed by atoms with Crippen molar-refractivity contribution in [2.75, 3.05) is 21.3 Å². The number of esters is 1. The summed E-state index contributed by atoms with van der Waals surface area (Å²) in [6, 6.07) is 0. The molecule has 0 aromatic carbocycles. The van der Waals surface area contributed by atoms with E-state index in [0.29, 0.717) is 24.3 Å². The summed E-state index contributed by atoms with van der Waals surface area (Å²) in [4.78, 5) is 27.1. The van der Waals surface area contributed by atoms with Gasteiger partial charge in [-0.25, -0.2) is 0 Å². The maximum Gasteiger partial charge on any atom is 0.306 e. The van der Waals surface area contributed by atoms with Gasteiger partial charge in [-0.2, -0.15) is 0 Å². The molecular formula is C34H52O9. The number of methoxy groups -OCH3 is 3. The van der Waals surface area contributed by atoms with Crippen LogP contribution in [0.4, 0.5) is 0 Å². The minimum absolute atomic E-state index is 0.0356. The third kappa shape index (κ3) is 6.40. The smallest absolute Gasteiger partial charge is 0.306 e. The van der Waals surface area contributed by atoms with Gasteiger partial charge in [0.25, 0.3) is 0 Å². The molecule has 1 saturated carbocycles. The van der Waals surface area contributed by atoms with Crippen LogP contribution >= 0.6 is 0 Å². The number of Topliss-reactive ketones (excluding diaryl/α,β-unsaturated/α-hetero) is 1. The van der Waals surface area contributed by atoms with Gasteiger partial charge in [0.15, 0.2) is 12.1 Å². The van der Waals surface area contributed by atoms with Crippen LogP contribution in [0.5, 0.6) is 0 Å². The molecule has 242 valence electrons. The Hall–Kier alpha value is -1.62. The molecule has 5 aliphatic rings. The van der Waals surface area contributed by atoms with Gasteiger partial charge >= 0.3 is 5.97 Å². The largest absolute Gasteiger partial charge is 0.462 e. The van der Waals surface area contributed by atoms with Crippen LogP contribution in [0.25, 0.3) is 0 Å². The zero-order chi connectivity index (χ0) is 31.0. The number of aliphatic hydroxyl groups excluding tert-OH is 1. The molecule has 1 N–H and O–H groups in total. The number of ether oxygens (including phenoxy) is 6. The summed E-state index contributed by atoms with van der Waals surface area (Å²) in [6.45, 7) is 7.98. The van der Waals surface area contributed by atoms with E-state index >= 15 is 0 Å². The molecule has 0 aromatic heterocycles. The number of allylic oxidation sites excluding steroid dienone is 4. The fourth-order valence-electron chi connectivity index (χ4n) is 8.69. The monoisotopic (exact) mass is 604 g/mol. The summed E-state index contributed by atoms with van der Waals surface area (Å²) < 4.78 is 36.1. The van der Waals surface area contributed by atoms with Crippen molar-refractivity contribution < 1.29 is 43.1 Å². The Balaban J connectivity index is 1.38. The van der Waals surface area contributed by atoms with Gasteiger partial charge in [-0.3, -0.25) is 9.59 Å². The number of aliphatic hydroxyl groups is 1. The molecular weight excluding hydrogens is 552 g/mol. The Kier molecular flexibility index (Phi) is 10.5. The highest BCUT2D eigenvalue weighted by Gasteiger charge is 2.53. The molecule has 0 bridgehead atoms. The van der Waals surface area contributed by atoms with Crippen LogP contribution in [0.15, 0.2) is 23.3 Å². The lowest BCUT2D eigenvalue weighted by atomic mass is 9.67. The number of fused-ring (bicyclic) bond motifs is 5. The maximum atomic E-state index is 13.9. The number of cyclic esters (lactones) is 1. The third-order valence-corrected chi connectivity index (χ3v) is 11.1. The van der Waals surface area contributed by atoms with Crippen molar-refractivity contribution in [2.24, 2.45) is 35.5 Å². The lowest BCUT2D eigenvalue weighted by Gasteiger charge is -2.44. The molecule has 0 radical (unpaired) electrons. The van der Waals surface area contributed by atoms with Gasteiger partial charge in [-0.1, -0.05) is 31.6 Å². The first-order chi connectivity index (χ1) is 20.6. The fourth-order valence-corrected chi connectivity index (χ4v) is 8.69.